The monoisotopic (exact) mass is 346 g/mol. The van der Waals surface area contributed by atoms with Crippen molar-refractivity contribution in [2.24, 2.45) is 0 Å². The molecule has 24 heavy (non-hydrogen) atoms. The van der Waals surface area contributed by atoms with Gasteiger partial charge in [0.15, 0.2) is 0 Å². The summed E-state index contributed by atoms with van der Waals surface area (Å²) < 4.78 is 0. The van der Waals surface area contributed by atoms with Crippen LogP contribution in [-0.4, -0.2) is 0 Å². The molecule has 0 saturated carbocycles. The Morgan fingerprint density at radius 2 is 1.08 bits per heavy atom. The molecule has 0 saturated heterocycles. The van der Waals surface area contributed by atoms with E-state index >= 15 is 0 Å². The lowest BCUT2D eigenvalue weighted by atomic mass is 10.1. The van der Waals surface area contributed by atoms with Crippen molar-refractivity contribution in [3.63, 3.8) is 0 Å². The van der Waals surface area contributed by atoms with Gasteiger partial charge in [0, 0.05) is 15.3 Å². The van der Waals surface area contributed by atoms with E-state index in [0.717, 1.165) is 4.90 Å². The standard InChI is InChI=1S/C12H10.C10H8S2/c1-3-7-11(8-4-1)12-9-5-2-6-10-12;11-9-5-2-1-4-8(9)10-6-3-7-12-10/h1-10H;1-7,11H. The molecule has 1 aromatic heterocycles. The molecule has 1 heterocycles. The van der Waals surface area contributed by atoms with Crippen LogP contribution in [0.3, 0.4) is 0 Å². The highest BCUT2D eigenvalue weighted by Gasteiger charge is 2.00. The highest BCUT2D eigenvalue weighted by Crippen LogP contribution is 2.29. The summed E-state index contributed by atoms with van der Waals surface area (Å²) in [6.07, 6.45) is 0. The van der Waals surface area contributed by atoms with Crippen molar-refractivity contribution in [3.05, 3.63) is 102 Å². The summed E-state index contributed by atoms with van der Waals surface area (Å²) >= 11 is 6.13. The fourth-order valence-electron chi connectivity index (χ4n) is 2.38. The second kappa shape index (κ2) is 8.53. The number of thiol groups is 1. The fourth-order valence-corrected chi connectivity index (χ4v) is 3.50. The van der Waals surface area contributed by atoms with Crippen LogP contribution in [-0.2, 0) is 0 Å². The molecule has 0 unspecified atom stereocenters. The van der Waals surface area contributed by atoms with E-state index in [4.69, 9.17) is 0 Å². The molecule has 118 valence electrons. The third-order valence-corrected chi connectivity index (χ3v) is 4.86. The van der Waals surface area contributed by atoms with E-state index in [-0.39, 0.29) is 0 Å². The Kier molecular flexibility index (Phi) is 5.89. The van der Waals surface area contributed by atoms with E-state index in [2.05, 4.69) is 84.7 Å². The van der Waals surface area contributed by atoms with Crippen LogP contribution < -0.4 is 0 Å². The van der Waals surface area contributed by atoms with E-state index < -0.39 is 0 Å². The first-order chi connectivity index (χ1) is 11.8. The van der Waals surface area contributed by atoms with Gasteiger partial charge in [-0.05, 0) is 28.6 Å². The number of rotatable bonds is 2. The molecule has 3 aromatic carbocycles. The van der Waals surface area contributed by atoms with E-state index in [1.165, 1.54) is 21.6 Å². The predicted molar refractivity (Wildman–Crippen MR) is 109 cm³/mol. The minimum absolute atomic E-state index is 1.04. The average molecular weight is 347 g/mol. The Hall–Kier alpha value is -2.29. The Morgan fingerprint density at radius 3 is 1.58 bits per heavy atom. The lowest BCUT2D eigenvalue weighted by Gasteiger charge is -1.99. The van der Waals surface area contributed by atoms with Crippen LogP contribution in [0.5, 0.6) is 0 Å². The lowest BCUT2D eigenvalue weighted by molar-refractivity contribution is 1.48. The van der Waals surface area contributed by atoms with Gasteiger partial charge in [0.25, 0.3) is 0 Å². The predicted octanol–water partition coefficient (Wildman–Crippen LogP) is 7.06. The topological polar surface area (TPSA) is 0 Å². The average Bonchev–Trinajstić information content (AvgIpc) is 3.19. The maximum Gasteiger partial charge on any atom is 0.0353 e. The molecule has 4 aromatic rings. The molecule has 0 radical (unpaired) electrons. The van der Waals surface area contributed by atoms with Gasteiger partial charge in [0.1, 0.15) is 0 Å². The highest BCUT2D eigenvalue weighted by molar-refractivity contribution is 7.80. The molecule has 0 bridgehead atoms. The fraction of sp³-hybridized carbons (Fsp3) is 0. The van der Waals surface area contributed by atoms with Gasteiger partial charge < -0.3 is 0 Å². The quantitative estimate of drug-likeness (QED) is 0.369. The zero-order valence-electron chi connectivity index (χ0n) is 13.2. The summed E-state index contributed by atoms with van der Waals surface area (Å²) in [4.78, 5) is 2.32. The van der Waals surface area contributed by atoms with Crippen LogP contribution in [0, 0.1) is 0 Å². The molecule has 0 aliphatic rings. The second-order valence-corrected chi connectivity index (χ2v) is 6.66. The van der Waals surface area contributed by atoms with Gasteiger partial charge in [0.05, 0.1) is 0 Å². The van der Waals surface area contributed by atoms with Crippen molar-refractivity contribution >= 4 is 24.0 Å². The molecule has 0 fully saturated rings. The largest absolute Gasteiger partial charge is 0.144 e. The van der Waals surface area contributed by atoms with E-state index in [0.29, 0.717) is 0 Å². The van der Waals surface area contributed by atoms with Crippen LogP contribution in [0.1, 0.15) is 0 Å². The van der Waals surface area contributed by atoms with Crippen LogP contribution >= 0.6 is 24.0 Å². The van der Waals surface area contributed by atoms with Crippen molar-refractivity contribution in [1.82, 2.24) is 0 Å². The Labute approximate surface area is 152 Å². The van der Waals surface area contributed by atoms with Crippen molar-refractivity contribution in [1.29, 1.82) is 0 Å². The van der Waals surface area contributed by atoms with Gasteiger partial charge in [-0.3, -0.25) is 0 Å². The number of hydrogen-bond acceptors (Lipinski definition) is 2. The van der Waals surface area contributed by atoms with Crippen molar-refractivity contribution in [2.45, 2.75) is 4.90 Å². The van der Waals surface area contributed by atoms with Gasteiger partial charge in [-0.15, -0.1) is 24.0 Å². The lowest BCUT2D eigenvalue weighted by Crippen LogP contribution is -1.73. The summed E-state index contributed by atoms with van der Waals surface area (Å²) in [5.74, 6) is 0. The van der Waals surface area contributed by atoms with Crippen LogP contribution in [0.25, 0.3) is 21.6 Å². The van der Waals surface area contributed by atoms with Crippen molar-refractivity contribution in [3.8, 4) is 21.6 Å². The molecular formula is C22H18S2. The zero-order chi connectivity index (χ0) is 16.6. The van der Waals surface area contributed by atoms with Gasteiger partial charge in [-0.1, -0.05) is 84.9 Å². The summed E-state index contributed by atoms with van der Waals surface area (Å²) in [7, 11) is 0. The Balaban J connectivity index is 0.000000141. The first kappa shape index (κ1) is 16.6. The molecule has 0 nitrogen and oxygen atoms in total. The molecule has 4 rings (SSSR count). The molecule has 0 atom stereocenters. The van der Waals surface area contributed by atoms with Crippen molar-refractivity contribution in [2.75, 3.05) is 0 Å². The first-order valence-corrected chi connectivity index (χ1v) is 9.09. The summed E-state index contributed by atoms with van der Waals surface area (Å²) in [6.45, 7) is 0. The van der Waals surface area contributed by atoms with Gasteiger partial charge in [-0.25, -0.2) is 0 Å². The molecule has 2 heteroatoms. The van der Waals surface area contributed by atoms with Crippen LogP contribution in [0.2, 0.25) is 0 Å². The van der Waals surface area contributed by atoms with Gasteiger partial charge in [0.2, 0.25) is 0 Å². The Bertz CT molecular complexity index is 813. The third kappa shape index (κ3) is 4.38. The van der Waals surface area contributed by atoms with E-state index in [1.807, 2.05) is 30.3 Å². The summed E-state index contributed by atoms with van der Waals surface area (Å²) in [5.41, 5.74) is 3.77. The molecule has 0 N–H and O–H groups in total. The maximum atomic E-state index is 4.39. The SMILES string of the molecule is Sc1ccccc1-c1cccs1.c1ccc(-c2ccccc2)cc1. The van der Waals surface area contributed by atoms with Crippen LogP contribution in [0.15, 0.2) is 107 Å². The number of thiophene rings is 1. The molecule has 0 aliphatic heterocycles. The van der Waals surface area contributed by atoms with Crippen molar-refractivity contribution < 1.29 is 0 Å². The molecule has 0 aliphatic carbocycles. The van der Waals surface area contributed by atoms with Gasteiger partial charge >= 0.3 is 0 Å². The second-order valence-electron chi connectivity index (χ2n) is 5.23. The summed E-state index contributed by atoms with van der Waals surface area (Å²) in [5, 5.41) is 2.08. The first-order valence-electron chi connectivity index (χ1n) is 7.77. The summed E-state index contributed by atoms with van der Waals surface area (Å²) in [6, 6.07) is 33.1. The molecular weight excluding hydrogens is 328 g/mol. The molecule has 0 spiro atoms. The smallest absolute Gasteiger partial charge is 0.0353 e. The van der Waals surface area contributed by atoms with Crippen LogP contribution in [0.4, 0.5) is 0 Å². The number of benzene rings is 3. The van der Waals surface area contributed by atoms with E-state index in [1.54, 1.807) is 11.3 Å². The van der Waals surface area contributed by atoms with Gasteiger partial charge in [-0.2, -0.15) is 0 Å². The minimum Gasteiger partial charge on any atom is -0.144 e. The van der Waals surface area contributed by atoms with E-state index in [9.17, 15) is 0 Å². The maximum absolute atomic E-state index is 4.39. The third-order valence-electron chi connectivity index (χ3n) is 3.57. The minimum atomic E-state index is 1.04. The highest BCUT2D eigenvalue weighted by atomic mass is 32.1. The Morgan fingerprint density at radius 1 is 0.542 bits per heavy atom. The molecule has 0 amide bonds. The zero-order valence-corrected chi connectivity index (χ0v) is 14.9. The number of hydrogen-bond donors (Lipinski definition) is 1. The normalized spacial score (nSPS) is 9.88.